The summed E-state index contributed by atoms with van der Waals surface area (Å²) in [5.41, 5.74) is 2.17. The number of benzene rings is 2. The second-order valence-electron chi connectivity index (χ2n) is 6.92. The van der Waals surface area contributed by atoms with Gasteiger partial charge in [0.1, 0.15) is 6.61 Å². The Morgan fingerprint density at radius 3 is 2.67 bits per heavy atom. The Balaban J connectivity index is 1.57. The molecule has 5 heteroatoms. The van der Waals surface area contributed by atoms with Gasteiger partial charge in [0.15, 0.2) is 11.5 Å². The van der Waals surface area contributed by atoms with Crippen molar-refractivity contribution in [2.24, 2.45) is 5.92 Å². The summed E-state index contributed by atoms with van der Waals surface area (Å²) in [5, 5.41) is 7.71. The maximum atomic E-state index is 6.21. The molecule has 2 aromatic carbocycles. The van der Waals surface area contributed by atoms with Gasteiger partial charge in [-0.1, -0.05) is 35.9 Å². The molecule has 0 atom stereocenters. The topological polar surface area (TPSA) is 42.5 Å². The van der Waals surface area contributed by atoms with Crippen LogP contribution in [0.15, 0.2) is 42.5 Å². The fourth-order valence-corrected chi connectivity index (χ4v) is 3.52. The lowest BCUT2D eigenvalue weighted by molar-refractivity contribution is 0.269. The third-order valence-corrected chi connectivity index (χ3v) is 5.24. The Hall–Kier alpha value is -1.75. The molecule has 0 aromatic heterocycles. The highest BCUT2D eigenvalue weighted by Crippen LogP contribution is 2.30. The molecule has 3 rings (SSSR count). The molecule has 4 nitrogen and oxygen atoms in total. The van der Waals surface area contributed by atoms with E-state index in [1.165, 1.54) is 18.4 Å². The Kier molecular flexibility index (Phi) is 7.81. The maximum absolute atomic E-state index is 6.21. The van der Waals surface area contributed by atoms with Crippen LogP contribution in [0.3, 0.4) is 0 Å². The van der Waals surface area contributed by atoms with Crippen LogP contribution >= 0.6 is 11.6 Å². The van der Waals surface area contributed by atoms with Crippen molar-refractivity contribution in [1.29, 1.82) is 0 Å². The van der Waals surface area contributed by atoms with Crippen molar-refractivity contribution in [3.8, 4) is 11.5 Å². The predicted octanol–water partition coefficient (Wildman–Crippen LogP) is 4.41. The summed E-state index contributed by atoms with van der Waals surface area (Å²) >= 11 is 6.21. The van der Waals surface area contributed by atoms with Gasteiger partial charge in [-0.25, -0.2) is 0 Å². The Morgan fingerprint density at radius 1 is 1.07 bits per heavy atom. The lowest BCUT2D eigenvalue weighted by atomic mass is 9.98. The van der Waals surface area contributed by atoms with E-state index in [-0.39, 0.29) is 0 Å². The quantitative estimate of drug-likeness (QED) is 0.667. The van der Waals surface area contributed by atoms with Crippen LogP contribution in [-0.2, 0) is 13.2 Å². The molecule has 1 fully saturated rings. The fraction of sp³-hybridized carbons (Fsp3) is 0.455. The first kappa shape index (κ1) is 20.0. The molecule has 1 aliphatic heterocycles. The van der Waals surface area contributed by atoms with E-state index in [4.69, 9.17) is 21.1 Å². The first-order chi connectivity index (χ1) is 13.3. The van der Waals surface area contributed by atoms with E-state index < -0.39 is 0 Å². The minimum absolute atomic E-state index is 0.424. The van der Waals surface area contributed by atoms with Crippen LogP contribution in [0.2, 0.25) is 5.02 Å². The molecule has 146 valence electrons. The summed E-state index contributed by atoms with van der Waals surface area (Å²) in [6, 6.07) is 13.9. The number of nitrogens with one attached hydrogen (secondary N) is 2. The lowest BCUT2D eigenvalue weighted by Crippen LogP contribution is -2.33. The number of halogens is 1. The van der Waals surface area contributed by atoms with Crippen LogP contribution < -0.4 is 20.1 Å². The predicted molar refractivity (Wildman–Crippen MR) is 111 cm³/mol. The minimum atomic E-state index is 0.424. The molecule has 2 N–H and O–H groups in total. The van der Waals surface area contributed by atoms with Gasteiger partial charge in [-0.15, -0.1) is 0 Å². The zero-order valence-corrected chi connectivity index (χ0v) is 16.7. The molecule has 2 aromatic rings. The van der Waals surface area contributed by atoms with Crippen LogP contribution in [0.1, 0.15) is 30.9 Å². The van der Waals surface area contributed by atoms with E-state index in [9.17, 15) is 0 Å². The van der Waals surface area contributed by atoms with E-state index in [2.05, 4.69) is 22.8 Å². The Bertz CT molecular complexity index is 717. The standard InChI is InChI=1S/C22H29ClN2O2/c1-2-26-22-13-18(15-25-14-17-9-11-24-12-10-17)7-8-21(22)27-16-19-5-3-4-6-20(19)23/h3-8,13,17,24-25H,2,9-12,14-16H2,1H3. The van der Waals surface area contributed by atoms with Gasteiger partial charge in [0.05, 0.1) is 6.61 Å². The third-order valence-electron chi connectivity index (χ3n) is 4.87. The van der Waals surface area contributed by atoms with E-state index in [1.807, 2.05) is 37.3 Å². The fourth-order valence-electron chi connectivity index (χ4n) is 3.33. The van der Waals surface area contributed by atoms with Gasteiger partial charge in [0.25, 0.3) is 0 Å². The molecule has 1 heterocycles. The molecule has 0 aliphatic carbocycles. The van der Waals surface area contributed by atoms with Gasteiger partial charge in [-0.2, -0.15) is 0 Å². The third kappa shape index (κ3) is 6.13. The van der Waals surface area contributed by atoms with Crippen LogP contribution in [0.5, 0.6) is 11.5 Å². The molecule has 0 radical (unpaired) electrons. The Morgan fingerprint density at radius 2 is 1.89 bits per heavy atom. The number of piperidine rings is 1. The van der Waals surface area contributed by atoms with E-state index in [0.717, 1.165) is 49.2 Å². The summed E-state index contributed by atoms with van der Waals surface area (Å²) in [7, 11) is 0. The van der Waals surface area contributed by atoms with Gasteiger partial charge < -0.3 is 20.1 Å². The van der Waals surface area contributed by atoms with Gasteiger partial charge in [0.2, 0.25) is 0 Å². The van der Waals surface area contributed by atoms with Gasteiger partial charge in [-0.05, 0) is 69.1 Å². The summed E-state index contributed by atoms with van der Waals surface area (Å²) in [5.74, 6) is 2.31. The van der Waals surface area contributed by atoms with Crippen molar-refractivity contribution in [1.82, 2.24) is 10.6 Å². The summed E-state index contributed by atoms with van der Waals surface area (Å²) in [4.78, 5) is 0. The maximum Gasteiger partial charge on any atom is 0.161 e. The highest BCUT2D eigenvalue weighted by atomic mass is 35.5. The van der Waals surface area contributed by atoms with Crippen LogP contribution in [0.4, 0.5) is 0 Å². The molecule has 0 saturated carbocycles. The highest BCUT2D eigenvalue weighted by Gasteiger charge is 2.13. The first-order valence-corrected chi connectivity index (χ1v) is 10.2. The number of rotatable bonds is 9. The first-order valence-electron chi connectivity index (χ1n) is 9.79. The van der Waals surface area contributed by atoms with Crippen LogP contribution in [0, 0.1) is 5.92 Å². The second-order valence-corrected chi connectivity index (χ2v) is 7.33. The van der Waals surface area contributed by atoms with E-state index in [0.29, 0.717) is 18.2 Å². The van der Waals surface area contributed by atoms with Gasteiger partial charge in [-0.3, -0.25) is 0 Å². The highest BCUT2D eigenvalue weighted by molar-refractivity contribution is 6.31. The Labute approximate surface area is 167 Å². The average molecular weight is 389 g/mol. The molecule has 1 aliphatic rings. The largest absolute Gasteiger partial charge is 0.490 e. The molecule has 0 bridgehead atoms. The molecule has 1 saturated heterocycles. The summed E-state index contributed by atoms with van der Waals surface area (Å²) in [6.07, 6.45) is 2.51. The minimum Gasteiger partial charge on any atom is -0.490 e. The van der Waals surface area contributed by atoms with Crippen molar-refractivity contribution in [2.75, 3.05) is 26.2 Å². The van der Waals surface area contributed by atoms with Gasteiger partial charge in [0, 0.05) is 17.1 Å². The van der Waals surface area contributed by atoms with Crippen LogP contribution in [0.25, 0.3) is 0 Å². The zero-order valence-electron chi connectivity index (χ0n) is 16.0. The van der Waals surface area contributed by atoms with Gasteiger partial charge >= 0.3 is 0 Å². The molecular formula is C22H29ClN2O2. The van der Waals surface area contributed by atoms with E-state index in [1.54, 1.807) is 0 Å². The van der Waals surface area contributed by atoms with Crippen molar-refractivity contribution in [3.05, 3.63) is 58.6 Å². The monoisotopic (exact) mass is 388 g/mol. The van der Waals surface area contributed by atoms with Crippen molar-refractivity contribution < 1.29 is 9.47 Å². The van der Waals surface area contributed by atoms with Crippen molar-refractivity contribution in [2.45, 2.75) is 32.9 Å². The average Bonchev–Trinajstić information content (AvgIpc) is 2.69. The molecule has 0 unspecified atom stereocenters. The lowest BCUT2D eigenvalue weighted by Gasteiger charge is -2.23. The van der Waals surface area contributed by atoms with Crippen molar-refractivity contribution >= 4 is 11.6 Å². The normalized spacial score (nSPS) is 14.9. The van der Waals surface area contributed by atoms with E-state index >= 15 is 0 Å². The molecule has 0 spiro atoms. The smallest absolute Gasteiger partial charge is 0.161 e. The molecular weight excluding hydrogens is 360 g/mol. The number of hydrogen-bond acceptors (Lipinski definition) is 4. The number of ether oxygens (including phenoxy) is 2. The molecule has 27 heavy (non-hydrogen) atoms. The second kappa shape index (κ2) is 10.5. The number of hydrogen-bond donors (Lipinski definition) is 2. The van der Waals surface area contributed by atoms with Crippen molar-refractivity contribution in [3.63, 3.8) is 0 Å². The zero-order chi connectivity index (χ0) is 18.9. The van der Waals surface area contributed by atoms with Crippen LogP contribution in [-0.4, -0.2) is 26.2 Å². The SMILES string of the molecule is CCOc1cc(CNCC2CCNCC2)ccc1OCc1ccccc1Cl. The summed E-state index contributed by atoms with van der Waals surface area (Å²) < 4.78 is 11.8. The molecule has 0 amide bonds. The summed E-state index contributed by atoms with van der Waals surface area (Å²) in [6.45, 7) is 7.20.